The van der Waals surface area contributed by atoms with Gasteiger partial charge in [-0.15, -0.1) is 0 Å². The van der Waals surface area contributed by atoms with Crippen molar-refractivity contribution in [1.29, 1.82) is 0 Å². The van der Waals surface area contributed by atoms with Crippen molar-refractivity contribution < 1.29 is 34.2 Å². The lowest BCUT2D eigenvalue weighted by Gasteiger charge is -2.24. The average Bonchev–Trinajstić information content (AvgIpc) is 2.73. The highest BCUT2D eigenvalue weighted by atomic mass is 16.4. The third kappa shape index (κ3) is 9.99. The SMILES string of the molecule is CC(C)C(NC(=O)CNC(=O)C(N)Cc1ccc(O)cc1)C(=O)NC(CCC(N)=O)C(=O)O. The summed E-state index contributed by atoms with van der Waals surface area (Å²) < 4.78 is 0. The van der Waals surface area contributed by atoms with E-state index in [0.717, 1.165) is 5.56 Å². The maximum atomic E-state index is 12.5. The Hall–Kier alpha value is -3.67. The van der Waals surface area contributed by atoms with E-state index in [2.05, 4.69) is 16.0 Å². The Bertz CT molecular complexity index is 857. The smallest absolute Gasteiger partial charge is 0.326 e. The maximum Gasteiger partial charge on any atom is 0.326 e. The second-order valence-corrected chi connectivity index (χ2v) is 7.89. The quantitative estimate of drug-likeness (QED) is 0.179. The van der Waals surface area contributed by atoms with Crippen LogP contribution in [0.2, 0.25) is 0 Å². The van der Waals surface area contributed by atoms with E-state index in [1.165, 1.54) is 12.1 Å². The Labute approximate surface area is 191 Å². The number of aromatic hydroxyl groups is 1. The Morgan fingerprint density at radius 2 is 1.61 bits per heavy atom. The fraction of sp³-hybridized carbons (Fsp3) is 0.476. The number of carboxylic acids is 1. The van der Waals surface area contributed by atoms with E-state index in [1.54, 1.807) is 26.0 Å². The number of rotatable bonds is 13. The van der Waals surface area contributed by atoms with Crippen LogP contribution in [0.5, 0.6) is 5.75 Å². The second-order valence-electron chi connectivity index (χ2n) is 7.89. The molecule has 4 amide bonds. The monoisotopic (exact) mass is 465 g/mol. The van der Waals surface area contributed by atoms with Crippen molar-refractivity contribution in [2.45, 2.75) is 51.2 Å². The lowest BCUT2D eigenvalue weighted by Crippen LogP contribution is -2.55. The lowest BCUT2D eigenvalue weighted by molar-refractivity contribution is -0.142. The summed E-state index contributed by atoms with van der Waals surface area (Å²) in [6.07, 6.45) is -0.233. The summed E-state index contributed by atoms with van der Waals surface area (Å²) >= 11 is 0. The first-order chi connectivity index (χ1) is 15.4. The van der Waals surface area contributed by atoms with Gasteiger partial charge in [-0.2, -0.15) is 0 Å². The van der Waals surface area contributed by atoms with Crippen molar-refractivity contribution in [2.24, 2.45) is 17.4 Å². The van der Waals surface area contributed by atoms with Gasteiger partial charge in [0, 0.05) is 6.42 Å². The number of amides is 4. The molecule has 9 N–H and O–H groups in total. The highest BCUT2D eigenvalue weighted by Gasteiger charge is 2.29. The highest BCUT2D eigenvalue weighted by Crippen LogP contribution is 2.11. The normalized spacial score (nSPS) is 13.5. The lowest BCUT2D eigenvalue weighted by atomic mass is 10.0. The molecule has 1 aromatic carbocycles. The molecule has 0 fully saturated rings. The molecule has 0 radical (unpaired) electrons. The van der Waals surface area contributed by atoms with Crippen LogP contribution in [0.25, 0.3) is 0 Å². The minimum absolute atomic E-state index is 0.0831. The summed E-state index contributed by atoms with van der Waals surface area (Å²) in [7, 11) is 0. The van der Waals surface area contributed by atoms with E-state index in [0.29, 0.717) is 0 Å². The first-order valence-electron chi connectivity index (χ1n) is 10.3. The van der Waals surface area contributed by atoms with Crippen molar-refractivity contribution in [3.8, 4) is 5.75 Å². The zero-order valence-electron chi connectivity index (χ0n) is 18.5. The summed E-state index contributed by atoms with van der Waals surface area (Å²) in [4.78, 5) is 59.2. The zero-order chi connectivity index (χ0) is 25.1. The molecule has 0 aliphatic heterocycles. The topological polar surface area (TPSA) is 214 Å². The number of hydrogen-bond acceptors (Lipinski definition) is 7. The second kappa shape index (κ2) is 13.0. The molecule has 0 saturated heterocycles. The minimum atomic E-state index is -1.35. The first kappa shape index (κ1) is 27.4. The number of hydrogen-bond donors (Lipinski definition) is 7. The number of carboxylic acid groups (broad SMARTS) is 1. The number of phenolic OH excluding ortho intramolecular Hbond substituents is 1. The summed E-state index contributed by atoms with van der Waals surface area (Å²) in [5, 5.41) is 25.6. The van der Waals surface area contributed by atoms with Crippen LogP contribution in [0.4, 0.5) is 0 Å². The molecule has 33 heavy (non-hydrogen) atoms. The molecule has 0 saturated carbocycles. The Kier molecular flexibility index (Phi) is 10.8. The number of nitrogens with one attached hydrogen (secondary N) is 3. The zero-order valence-corrected chi connectivity index (χ0v) is 18.5. The molecule has 12 heteroatoms. The molecule has 1 aromatic rings. The predicted molar refractivity (Wildman–Crippen MR) is 118 cm³/mol. The molecule has 12 nitrogen and oxygen atoms in total. The highest BCUT2D eigenvalue weighted by molar-refractivity contribution is 5.92. The fourth-order valence-electron chi connectivity index (χ4n) is 2.84. The molecule has 0 aliphatic rings. The van der Waals surface area contributed by atoms with Crippen LogP contribution in [0.1, 0.15) is 32.3 Å². The number of phenols is 1. The van der Waals surface area contributed by atoms with Crippen molar-refractivity contribution in [2.75, 3.05) is 6.54 Å². The van der Waals surface area contributed by atoms with Crippen LogP contribution in [-0.2, 0) is 30.4 Å². The van der Waals surface area contributed by atoms with E-state index in [-0.39, 0.29) is 25.0 Å². The van der Waals surface area contributed by atoms with E-state index >= 15 is 0 Å². The van der Waals surface area contributed by atoms with Crippen LogP contribution in [0.15, 0.2) is 24.3 Å². The average molecular weight is 466 g/mol. The van der Waals surface area contributed by atoms with E-state index in [4.69, 9.17) is 11.5 Å². The molecular formula is C21H31N5O7. The maximum absolute atomic E-state index is 12.5. The van der Waals surface area contributed by atoms with Gasteiger partial charge < -0.3 is 37.6 Å². The molecule has 0 bridgehead atoms. The van der Waals surface area contributed by atoms with Gasteiger partial charge in [0.15, 0.2) is 0 Å². The first-order valence-corrected chi connectivity index (χ1v) is 10.3. The minimum Gasteiger partial charge on any atom is -0.508 e. The van der Waals surface area contributed by atoms with E-state index in [1.807, 2.05) is 0 Å². The Morgan fingerprint density at radius 3 is 2.12 bits per heavy atom. The summed E-state index contributed by atoms with van der Waals surface area (Å²) in [5.74, 6) is -4.35. The Morgan fingerprint density at radius 1 is 1.00 bits per heavy atom. The molecule has 3 atom stereocenters. The summed E-state index contributed by atoms with van der Waals surface area (Å²) in [5.41, 5.74) is 11.6. The van der Waals surface area contributed by atoms with Crippen LogP contribution in [0.3, 0.4) is 0 Å². The van der Waals surface area contributed by atoms with Gasteiger partial charge in [-0.25, -0.2) is 4.79 Å². The van der Waals surface area contributed by atoms with Gasteiger partial charge in [0.05, 0.1) is 12.6 Å². The van der Waals surface area contributed by atoms with Crippen molar-refractivity contribution in [3.05, 3.63) is 29.8 Å². The molecule has 3 unspecified atom stereocenters. The van der Waals surface area contributed by atoms with Gasteiger partial charge >= 0.3 is 5.97 Å². The van der Waals surface area contributed by atoms with E-state index in [9.17, 15) is 34.2 Å². The molecule has 182 valence electrons. The largest absolute Gasteiger partial charge is 0.508 e. The number of primary amides is 1. The van der Waals surface area contributed by atoms with Crippen LogP contribution in [-0.4, -0.2) is 64.5 Å². The molecule has 0 heterocycles. The van der Waals surface area contributed by atoms with Gasteiger partial charge in [-0.3, -0.25) is 19.2 Å². The van der Waals surface area contributed by atoms with Crippen molar-refractivity contribution in [3.63, 3.8) is 0 Å². The molecular weight excluding hydrogens is 434 g/mol. The van der Waals surface area contributed by atoms with Gasteiger partial charge in [-0.05, 0) is 36.5 Å². The third-order valence-corrected chi connectivity index (χ3v) is 4.71. The standard InChI is InChI=1S/C21H31N5O7/c1-11(2)18(20(31)25-15(21(32)33)7-8-16(23)28)26-17(29)10-24-19(30)14(22)9-12-3-5-13(27)6-4-12/h3-6,11,14-15,18,27H,7-10,22H2,1-2H3,(H2,23,28)(H,24,30)(H,25,31)(H,26,29)(H,32,33). The Balaban J connectivity index is 2.61. The number of aliphatic carboxylic acids is 1. The molecule has 0 spiro atoms. The summed E-state index contributed by atoms with van der Waals surface area (Å²) in [6, 6.07) is 2.81. The molecule has 0 aromatic heterocycles. The summed E-state index contributed by atoms with van der Waals surface area (Å²) in [6.45, 7) is 2.86. The van der Waals surface area contributed by atoms with E-state index < -0.39 is 60.2 Å². The van der Waals surface area contributed by atoms with Crippen LogP contribution >= 0.6 is 0 Å². The van der Waals surface area contributed by atoms with Crippen molar-refractivity contribution >= 4 is 29.6 Å². The predicted octanol–water partition coefficient (Wildman–Crippen LogP) is -1.65. The van der Waals surface area contributed by atoms with Crippen molar-refractivity contribution in [1.82, 2.24) is 16.0 Å². The molecule has 1 rings (SSSR count). The number of nitrogens with two attached hydrogens (primary N) is 2. The number of carbonyl (C=O) groups excluding carboxylic acids is 4. The van der Waals surface area contributed by atoms with Gasteiger partial charge in [0.1, 0.15) is 17.8 Å². The third-order valence-electron chi connectivity index (χ3n) is 4.71. The fourth-order valence-corrected chi connectivity index (χ4v) is 2.84. The van der Waals surface area contributed by atoms with Gasteiger partial charge in [0.25, 0.3) is 0 Å². The van der Waals surface area contributed by atoms with Gasteiger partial charge in [0.2, 0.25) is 23.6 Å². The molecule has 0 aliphatic carbocycles. The van der Waals surface area contributed by atoms with Crippen LogP contribution in [0, 0.1) is 5.92 Å². The number of benzene rings is 1. The van der Waals surface area contributed by atoms with Gasteiger partial charge in [-0.1, -0.05) is 26.0 Å². The number of carbonyl (C=O) groups is 5. The van der Waals surface area contributed by atoms with Crippen LogP contribution < -0.4 is 27.4 Å².